The third-order valence-corrected chi connectivity index (χ3v) is 3.92. The van der Waals surface area contributed by atoms with E-state index in [1.54, 1.807) is 18.7 Å². The van der Waals surface area contributed by atoms with Gasteiger partial charge in [-0.05, 0) is 13.3 Å². The molecule has 108 valence electrons. The van der Waals surface area contributed by atoms with E-state index >= 15 is 0 Å². The molecule has 1 fully saturated rings. The van der Waals surface area contributed by atoms with E-state index in [0.717, 1.165) is 0 Å². The number of aryl methyl sites for hydroxylation is 2. The van der Waals surface area contributed by atoms with E-state index in [9.17, 15) is 14.7 Å². The van der Waals surface area contributed by atoms with Crippen molar-refractivity contribution in [3.8, 4) is 0 Å². The molecule has 1 aliphatic heterocycles. The van der Waals surface area contributed by atoms with Crippen molar-refractivity contribution in [2.24, 2.45) is 14.1 Å². The summed E-state index contributed by atoms with van der Waals surface area (Å²) in [5.74, 6) is 0.593. The summed E-state index contributed by atoms with van der Waals surface area (Å²) in [4.78, 5) is 32.2. The van der Waals surface area contributed by atoms with E-state index in [-0.39, 0.29) is 6.04 Å². The fraction of sp³-hybridized carbons (Fsp3) is 0.583. The molecule has 2 N–H and O–H groups in total. The Balaban J connectivity index is 2.27. The summed E-state index contributed by atoms with van der Waals surface area (Å²) in [5.41, 5.74) is -0.223. The second kappa shape index (κ2) is 4.20. The molecule has 1 aliphatic rings. The number of nitrogens with zero attached hydrogens (tertiary/aromatic N) is 4. The monoisotopic (exact) mass is 279 g/mol. The van der Waals surface area contributed by atoms with Gasteiger partial charge in [-0.2, -0.15) is 4.98 Å². The Labute approximate surface area is 114 Å². The number of anilines is 1. The van der Waals surface area contributed by atoms with Crippen LogP contribution in [0.5, 0.6) is 0 Å². The van der Waals surface area contributed by atoms with Gasteiger partial charge < -0.3 is 14.6 Å². The highest BCUT2D eigenvalue weighted by molar-refractivity contribution is 5.74. The smallest absolute Gasteiger partial charge is 0.329 e. The normalized spacial score (nSPS) is 22.9. The molecule has 0 radical (unpaired) electrons. The molecule has 3 rings (SSSR count). The molecule has 2 aromatic rings. The van der Waals surface area contributed by atoms with Crippen molar-refractivity contribution >= 4 is 17.1 Å². The maximum Gasteiger partial charge on any atom is 0.329 e. The van der Waals surface area contributed by atoms with E-state index in [4.69, 9.17) is 0 Å². The lowest BCUT2D eigenvalue weighted by molar-refractivity contribution is 0.195. The average Bonchev–Trinajstić information content (AvgIpc) is 2.87. The fourth-order valence-corrected chi connectivity index (χ4v) is 2.83. The van der Waals surface area contributed by atoms with Crippen LogP contribution in [0.4, 0.5) is 5.95 Å². The first-order chi connectivity index (χ1) is 9.40. The van der Waals surface area contributed by atoms with Gasteiger partial charge in [0.2, 0.25) is 5.95 Å². The zero-order valence-corrected chi connectivity index (χ0v) is 11.6. The van der Waals surface area contributed by atoms with Crippen molar-refractivity contribution in [2.75, 3.05) is 11.4 Å². The summed E-state index contributed by atoms with van der Waals surface area (Å²) in [6.07, 6.45) is 0.269. The summed E-state index contributed by atoms with van der Waals surface area (Å²) in [6, 6.07) is 0.136. The number of fused-ring (bicyclic) bond motifs is 1. The van der Waals surface area contributed by atoms with Crippen LogP contribution < -0.4 is 16.1 Å². The third kappa shape index (κ3) is 1.68. The van der Waals surface area contributed by atoms with Gasteiger partial charge in [0.25, 0.3) is 5.56 Å². The number of rotatable bonds is 1. The number of aromatic amines is 1. The lowest BCUT2D eigenvalue weighted by atomic mass is 10.2. The summed E-state index contributed by atoms with van der Waals surface area (Å²) in [6.45, 7) is 2.48. The van der Waals surface area contributed by atoms with Gasteiger partial charge in [-0.3, -0.25) is 14.3 Å². The third-order valence-electron chi connectivity index (χ3n) is 3.92. The molecule has 0 aliphatic carbocycles. The van der Waals surface area contributed by atoms with Crippen molar-refractivity contribution in [1.82, 2.24) is 19.1 Å². The highest BCUT2D eigenvalue weighted by atomic mass is 16.3. The second-order valence-electron chi connectivity index (χ2n) is 5.35. The first kappa shape index (κ1) is 12.9. The van der Waals surface area contributed by atoms with Crippen LogP contribution in [-0.2, 0) is 14.1 Å². The van der Waals surface area contributed by atoms with Crippen LogP contribution in [0.1, 0.15) is 13.3 Å². The molecule has 0 aromatic carbocycles. The van der Waals surface area contributed by atoms with Crippen LogP contribution in [0.15, 0.2) is 9.59 Å². The van der Waals surface area contributed by atoms with Crippen molar-refractivity contribution < 1.29 is 5.11 Å². The quantitative estimate of drug-likeness (QED) is 0.692. The highest BCUT2D eigenvalue weighted by Gasteiger charge is 2.31. The molecule has 20 heavy (non-hydrogen) atoms. The van der Waals surface area contributed by atoms with E-state index < -0.39 is 17.4 Å². The minimum Gasteiger partial charge on any atom is -0.391 e. The maximum absolute atomic E-state index is 11.9. The Morgan fingerprint density at radius 2 is 2.00 bits per heavy atom. The van der Waals surface area contributed by atoms with Crippen LogP contribution in [0.25, 0.3) is 11.2 Å². The predicted octanol–water partition coefficient (Wildman–Crippen LogP) is -1.08. The van der Waals surface area contributed by atoms with Gasteiger partial charge in [-0.15, -0.1) is 0 Å². The Hall–Kier alpha value is -2.09. The molecule has 8 heteroatoms. The number of aromatic nitrogens is 4. The molecule has 0 saturated carbocycles. The van der Waals surface area contributed by atoms with Gasteiger partial charge in [0.05, 0.1) is 6.10 Å². The molecule has 0 spiro atoms. The van der Waals surface area contributed by atoms with Crippen molar-refractivity contribution in [3.05, 3.63) is 20.8 Å². The zero-order chi connectivity index (χ0) is 14.6. The summed E-state index contributed by atoms with van der Waals surface area (Å²) in [5, 5.41) is 9.75. The van der Waals surface area contributed by atoms with Crippen LogP contribution in [0, 0.1) is 0 Å². The largest absolute Gasteiger partial charge is 0.391 e. The van der Waals surface area contributed by atoms with Crippen molar-refractivity contribution in [1.29, 1.82) is 0 Å². The lowest BCUT2D eigenvalue weighted by Crippen LogP contribution is -2.30. The van der Waals surface area contributed by atoms with Gasteiger partial charge in [0, 0.05) is 26.7 Å². The first-order valence-electron chi connectivity index (χ1n) is 6.50. The Morgan fingerprint density at radius 3 is 2.60 bits per heavy atom. The van der Waals surface area contributed by atoms with E-state index in [1.807, 2.05) is 11.8 Å². The summed E-state index contributed by atoms with van der Waals surface area (Å²) < 4.78 is 2.99. The van der Waals surface area contributed by atoms with E-state index in [0.29, 0.717) is 30.1 Å². The molecule has 2 unspecified atom stereocenters. The second-order valence-corrected chi connectivity index (χ2v) is 5.35. The Morgan fingerprint density at radius 1 is 1.30 bits per heavy atom. The van der Waals surface area contributed by atoms with E-state index in [1.165, 1.54) is 4.57 Å². The number of imidazole rings is 1. The molecule has 0 bridgehead atoms. The summed E-state index contributed by atoms with van der Waals surface area (Å²) >= 11 is 0. The summed E-state index contributed by atoms with van der Waals surface area (Å²) in [7, 11) is 3.31. The number of hydrogen-bond acceptors (Lipinski definition) is 5. The van der Waals surface area contributed by atoms with Gasteiger partial charge >= 0.3 is 5.69 Å². The Bertz CT molecular complexity index is 787. The minimum atomic E-state index is -0.485. The molecule has 3 heterocycles. The molecule has 1 saturated heterocycles. The SMILES string of the molecule is CC1CC(O)CN1c1nc2c(c(=O)[nH]c(=O)n2C)n1C. The van der Waals surface area contributed by atoms with Gasteiger partial charge in [-0.25, -0.2) is 4.79 Å². The minimum absolute atomic E-state index is 0.136. The van der Waals surface area contributed by atoms with Gasteiger partial charge in [-0.1, -0.05) is 0 Å². The van der Waals surface area contributed by atoms with Crippen molar-refractivity contribution in [2.45, 2.75) is 25.5 Å². The first-order valence-corrected chi connectivity index (χ1v) is 6.50. The van der Waals surface area contributed by atoms with Crippen molar-refractivity contribution in [3.63, 3.8) is 0 Å². The number of hydrogen-bond donors (Lipinski definition) is 2. The number of β-amino-alcohol motifs (C(OH)–C–C–N with tert-alkyl or cyclic N) is 1. The number of H-pyrrole nitrogens is 1. The lowest BCUT2D eigenvalue weighted by Gasteiger charge is -2.21. The maximum atomic E-state index is 11.9. The topological polar surface area (TPSA) is 96.2 Å². The molecular formula is C12H17N5O3. The molecule has 2 atom stereocenters. The number of nitrogens with one attached hydrogen (secondary N) is 1. The van der Waals surface area contributed by atoms with Crippen LogP contribution in [-0.4, -0.2) is 42.9 Å². The molecule has 2 aromatic heterocycles. The standard InChI is InChI=1S/C12H17N5O3/c1-6-4-7(18)5-17(6)11-13-9-8(15(11)2)10(19)14-12(20)16(9)3/h6-7,18H,4-5H2,1-3H3,(H,14,19,20). The highest BCUT2D eigenvalue weighted by Crippen LogP contribution is 2.26. The molecule has 8 nitrogen and oxygen atoms in total. The van der Waals surface area contributed by atoms with Gasteiger partial charge in [0.1, 0.15) is 0 Å². The molecule has 0 amide bonds. The molecular weight excluding hydrogens is 262 g/mol. The fourth-order valence-electron chi connectivity index (χ4n) is 2.83. The van der Waals surface area contributed by atoms with Crippen LogP contribution in [0.2, 0.25) is 0 Å². The van der Waals surface area contributed by atoms with Crippen LogP contribution in [0.3, 0.4) is 0 Å². The van der Waals surface area contributed by atoms with Crippen LogP contribution >= 0.6 is 0 Å². The Kier molecular flexibility index (Phi) is 2.72. The van der Waals surface area contributed by atoms with E-state index in [2.05, 4.69) is 9.97 Å². The number of aliphatic hydroxyl groups is 1. The average molecular weight is 279 g/mol. The predicted molar refractivity (Wildman–Crippen MR) is 74.0 cm³/mol. The number of aliphatic hydroxyl groups excluding tert-OH is 1. The zero-order valence-electron chi connectivity index (χ0n) is 11.6. The van der Waals surface area contributed by atoms with Gasteiger partial charge in [0.15, 0.2) is 11.2 Å².